The molecular formula is C9H11F2N3O2. The summed E-state index contributed by atoms with van der Waals surface area (Å²) in [6.45, 7) is -0.219. The Labute approximate surface area is 90.4 Å². The summed E-state index contributed by atoms with van der Waals surface area (Å²) in [7, 11) is 1.16. The van der Waals surface area contributed by atoms with Crippen LogP contribution in [0, 0.1) is 0 Å². The Kier molecular flexibility index (Phi) is 3.73. The molecule has 0 fully saturated rings. The van der Waals surface area contributed by atoms with Crippen molar-refractivity contribution in [1.82, 2.24) is 4.98 Å². The number of esters is 1. The maximum absolute atomic E-state index is 12.5. The maximum atomic E-state index is 12.5. The molecule has 1 aromatic heterocycles. The molecule has 0 bridgehead atoms. The Bertz CT molecular complexity index is 410. The van der Waals surface area contributed by atoms with E-state index >= 15 is 0 Å². The molecule has 5 nitrogen and oxygen atoms in total. The Balaban J connectivity index is 3.34. The van der Waals surface area contributed by atoms with Gasteiger partial charge in [0, 0.05) is 18.3 Å². The average Bonchev–Trinajstić information content (AvgIpc) is 2.27. The van der Waals surface area contributed by atoms with E-state index in [0.29, 0.717) is 0 Å². The summed E-state index contributed by atoms with van der Waals surface area (Å²) in [5.41, 5.74) is 10.1. The molecule has 0 saturated heterocycles. The van der Waals surface area contributed by atoms with Crippen molar-refractivity contribution in [2.45, 2.75) is 13.0 Å². The molecule has 0 saturated carbocycles. The normalized spacial score (nSPS) is 10.6. The quantitative estimate of drug-likeness (QED) is 0.752. The van der Waals surface area contributed by atoms with Crippen LogP contribution in [0.25, 0.3) is 0 Å². The van der Waals surface area contributed by atoms with Gasteiger partial charge in [0.05, 0.1) is 12.8 Å². The molecule has 0 aliphatic carbocycles. The molecule has 1 heterocycles. The standard InChI is InChI=1S/C9H11F2N3O2/c1-16-9(15)5-3-14-7(8(10)11)4(2-12)6(5)13/h3,8H,2,12H2,1H3,(H2,13,14). The van der Waals surface area contributed by atoms with Crippen LogP contribution in [0.5, 0.6) is 0 Å². The fourth-order valence-corrected chi connectivity index (χ4v) is 1.26. The number of aromatic nitrogens is 1. The summed E-state index contributed by atoms with van der Waals surface area (Å²) in [6.07, 6.45) is -1.82. The summed E-state index contributed by atoms with van der Waals surface area (Å²) in [4.78, 5) is 14.7. The molecule has 0 unspecified atom stereocenters. The van der Waals surface area contributed by atoms with E-state index in [-0.39, 0.29) is 23.4 Å². The van der Waals surface area contributed by atoms with Gasteiger partial charge in [-0.1, -0.05) is 0 Å². The molecule has 16 heavy (non-hydrogen) atoms. The third-order valence-corrected chi connectivity index (χ3v) is 2.07. The lowest BCUT2D eigenvalue weighted by Crippen LogP contribution is -2.14. The monoisotopic (exact) mass is 231 g/mol. The lowest BCUT2D eigenvalue weighted by molar-refractivity contribution is 0.0600. The van der Waals surface area contributed by atoms with E-state index in [4.69, 9.17) is 11.5 Å². The second kappa shape index (κ2) is 4.84. The zero-order chi connectivity index (χ0) is 12.3. The topological polar surface area (TPSA) is 91.2 Å². The highest BCUT2D eigenvalue weighted by Gasteiger charge is 2.21. The summed E-state index contributed by atoms with van der Waals surface area (Å²) >= 11 is 0. The second-order valence-electron chi connectivity index (χ2n) is 2.95. The van der Waals surface area contributed by atoms with Crippen LogP contribution in [-0.4, -0.2) is 18.1 Å². The number of nitrogens with two attached hydrogens (primary N) is 2. The molecule has 88 valence electrons. The van der Waals surface area contributed by atoms with Crippen molar-refractivity contribution in [3.05, 3.63) is 23.0 Å². The molecule has 7 heteroatoms. The van der Waals surface area contributed by atoms with Crippen molar-refractivity contribution in [2.75, 3.05) is 12.8 Å². The third-order valence-electron chi connectivity index (χ3n) is 2.07. The molecule has 0 aromatic carbocycles. The number of nitrogens with zero attached hydrogens (tertiary/aromatic N) is 1. The number of carbonyl (C=O) groups excluding carboxylic acids is 1. The second-order valence-corrected chi connectivity index (χ2v) is 2.95. The molecule has 0 amide bonds. The van der Waals surface area contributed by atoms with Gasteiger partial charge in [0.15, 0.2) is 0 Å². The van der Waals surface area contributed by atoms with Crippen LogP contribution in [0.2, 0.25) is 0 Å². The number of methoxy groups -OCH3 is 1. The number of nitrogen functional groups attached to an aromatic ring is 1. The number of hydrogen-bond donors (Lipinski definition) is 2. The van der Waals surface area contributed by atoms with Crippen LogP contribution in [-0.2, 0) is 11.3 Å². The third kappa shape index (κ3) is 2.08. The van der Waals surface area contributed by atoms with Crippen LogP contribution >= 0.6 is 0 Å². The molecule has 1 aromatic rings. The van der Waals surface area contributed by atoms with E-state index in [1.54, 1.807) is 0 Å². The van der Waals surface area contributed by atoms with Crippen molar-refractivity contribution in [3.63, 3.8) is 0 Å². The number of carbonyl (C=O) groups is 1. The summed E-state index contributed by atoms with van der Waals surface area (Å²) in [6, 6.07) is 0. The Morgan fingerprint density at radius 2 is 2.25 bits per heavy atom. The largest absolute Gasteiger partial charge is 0.465 e. The highest BCUT2D eigenvalue weighted by molar-refractivity contribution is 5.95. The molecule has 1 rings (SSSR count). The Morgan fingerprint density at radius 1 is 1.62 bits per heavy atom. The summed E-state index contributed by atoms with van der Waals surface area (Å²) < 4.78 is 29.5. The van der Waals surface area contributed by atoms with Crippen LogP contribution in [0.4, 0.5) is 14.5 Å². The first kappa shape index (κ1) is 12.3. The van der Waals surface area contributed by atoms with Crippen LogP contribution < -0.4 is 11.5 Å². The van der Waals surface area contributed by atoms with E-state index in [1.165, 1.54) is 0 Å². The predicted molar refractivity (Wildman–Crippen MR) is 52.8 cm³/mol. The zero-order valence-corrected chi connectivity index (χ0v) is 8.54. The Morgan fingerprint density at radius 3 is 2.69 bits per heavy atom. The van der Waals surface area contributed by atoms with Gasteiger partial charge in [-0.3, -0.25) is 4.98 Å². The smallest absolute Gasteiger partial charge is 0.341 e. The van der Waals surface area contributed by atoms with Crippen LogP contribution in [0.15, 0.2) is 6.20 Å². The van der Waals surface area contributed by atoms with Gasteiger partial charge in [-0.05, 0) is 0 Å². The molecule has 0 radical (unpaired) electrons. The number of anilines is 1. The van der Waals surface area contributed by atoms with E-state index in [2.05, 4.69) is 9.72 Å². The van der Waals surface area contributed by atoms with Crippen LogP contribution in [0.3, 0.4) is 0 Å². The van der Waals surface area contributed by atoms with E-state index in [1.807, 2.05) is 0 Å². The molecule has 0 aliphatic rings. The minimum atomic E-state index is -2.78. The van der Waals surface area contributed by atoms with Gasteiger partial charge >= 0.3 is 5.97 Å². The first-order chi connectivity index (χ1) is 7.52. The minimum Gasteiger partial charge on any atom is -0.465 e. The molecule has 4 N–H and O–H groups in total. The highest BCUT2D eigenvalue weighted by Crippen LogP contribution is 2.27. The molecule has 0 aliphatic heterocycles. The van der Waals surface area contributed by atoms with Crippen molar-refractivity contribution in [3.8, 4) is 0 Å². The van der Waals surface area contributed by atoms with Gasteiger partial charge in [-0.15, -0.1) is 0 Å². The number of hydrogen-bond acceptors (Lipinski definition) is 5. The fourth-order valence-electron chi connectivity index (χ4n) is 1.26. The van der Waals surface area contributed by atoms with E-state index < -0.39 is 18.1 Å². The number of alkyl halides is 2. The van der Waals surface area contributed by atoms with Gasteiger partial charge in [-0.2, -0.15) is 0 Å². The van der Waals surface area contributed by atoms with Crippen LogP contribution in [0.1, 0.15) is 28.0 Å². The molecule has 0 atom stereocenters. The number of halogens is 2. The van der Waals surface area contributed by atoms with Gasteiger partial charge in [0.2, 0.25) is 0 Å². The van der Waals surface area contributed by atoms with Gasteiger partial charge in [0.25, 0.3) is 6.43 Å². The lowest BCUT2D eigenvalue weighted by Gasteiger charge is -2.11. The molecule has 0 spiro atoms. The maximum Gasteiger partial charge on any atom is 0.341 e. The van der Waals surface area contributed by atoms with Crippen molar-refractivity contribution in [2.24, 2.45) is 5.73 Å². The average molecular weight is 231 g/mol. The van der Waals surface area contributed by atoms with Gasteiger partial charge in [-0.25, -0.2) is 13.6 Å². The predicted octanol–water partition coefficient (Wildman–Crippen LogP) is 0.847. The first-order valence-electron chi connectivity index (χ1n) is 4.36. The van der Waals surface area contributed by atoms with E-state index in [0.717, 1.165) is 13.3 Å². The Hall–Kier alpha value is -1.76. The number of rotatable bonds is 3. The number of ether oxygens (including phenoxy) is 1. The SMILES string of the molecule is COC(=O)c1cnc(C(F)F)c(CN)c1N. The van der Waals surface area contributed by atoms with Gasteiger partial charge < -0.3 is 16.2 Å². The summed E-state index contributed by atoms with van der Waals surface area (Å²) in [5, 5.41) is 0. The van der Waals surface area contributed by atoms with Gasteiger partial charge in [0.1, 0.15) is 11.3 Å². The molecular weight excluding hydrogens is 220 g/mol. The minimum absolute atomic E-state index is 0.0297. The zero-order valence-electron chi connectivity index (χ0n) is 8.54. The van der Waals surface area contributed by atoms with E-state index in [9.17, 15) is 13.6 Å². The number of pyridine rings is 1. The fraction of sp³-hybridized carbons (Fsp3) is 0.333. The lowest BCUT2D eigenvalue weighted by atomic mass is 10.1. The first-order valence-corrected chi connectivity index (χ1v) is 4.36. The van der Waals surface area contributed by atoms with Crippen molar-refractivity contribution >= 4 is 11.7 Å². The summed E-state index contributed by atoms with van der Waals surface area (Å²) in [5.74, 6) is -0.736. The van der Waals surface area contributed by atoms with Crippen molar-refractivity contribution in [1.29, 1.82) is 0 Å². The highest BCUT2D eigenvalue weighted by atomic mass is 19.3. The van der Waals surface area contributed by atoms with Crippen molar-refractivity contribution < 1.29 is 18.3 Å².